The molecule has 0 aliphatic carbocycles. The van der Waals surface area contributed by atoms with Gasteiger partial charge in [0.05, 0.1) is 31.7 Å². The van der Waals surface area contributed by atoms with Crippen LogP contribution in [0.1, 0.15) is 16.7 Å². The second kappa shape index (κ2) is 8.22. The van der Waals surface area contributed by atoms with Crippen molar-refractivity contribution in [3.05, 3.63) is 59.2 Å². The number of para-hydroxylation sites is 1. The normalized spacial score (nSPS) is 15.5. The highest BCUT2D eigenvalue weighted by Gasteiger charge is 2.31. The molecule has 1 aliphatic rings. The molecule has 7 heteroatoms. The fourth-order valence-electron chi connectivity index (χ4n) is 3.56. The summed E-state index contributed by atoms with van der Waals surface area (Å²) in [5.74, 6) is -0.0417. The van der Waals surface area contributed by atoms with Crippen LogP contribution in [0.15, 0.2) is 42.5 Å². The number of halogens is 3. The molecule has 2 N–H and O–H groups in total. The van der Waals surface area contributed by atoms with Gasteiger partial charge >= 0.3 is 6.18 Å². The summed E-state index contributed by atoms with van der Waals surface area (Å²) in [6.45, 7) is 6.92. The second-order valence-corrected chi connectivity index (χ2v) is 7.28. The lowest BCUT2D eigenvalue weighted by atomic mass is 10.1. The van der Waals surface area contributed by atoms with Gasteiger partial charge in [0.1, 0.15) is 0 Å². The molecule has 28 heavy (non-hydrogen) atoms. The first kappa shape index (κ1) is 20.2. The van der Waals surface area contributed by atoms with Crippen molar-refractivity contribution in [2.45, 2.75) is 20.0 Å². The van der Waals surface area contributed by atoms with Crippen LogP contribution in [0, 0.1) is 13.8 Å². The minimum Gasteiger partial charge on any atom is -0.360 e. The first-order valence-electron chi connectivity index (χ1n) is 9.36. The molecule has 1 amide bonds. The van der Waals surface area contributed by atoms with Crippen LogP contribution in [0.2, 0.25) is 0 Å². The molecule has 2 aromatic carbocycles. The summed E-state index contributed by atoms with van der Waals surface area (Å²) < 4.78 is 38.7. The van der Waals surface area contributed by atoms with Crippen molar-refractivity contribution in [3.63, 3.8) is 0 Å². The number of hydrogen-bond acceptors (Lipinski definition) is 2. The molecule has 0 radical (unpaired) electrons. The Balaban J connectivity index is 1.55. The van der Waals surface area contributed by atoms with E-state index in [0.717, 1.165) is 27.8 Å². The molecule has 1 aliphatic heterocycles. The highest BCUT2D eigenvalue weighted by atomic mass is 19.4. The van der Waals surface area contributed by atoms with E-state index in [1.807, 2.05) is 36.9 Å². The van der Waals surface area contributed by atoms with Gasteiger partial charge in [0, 0.05) is 11.4 Å². The van der Waals surface area contributed by atoms with Gasteiger partial charge in [0.25, 0.3) is 5.91 Å². The highest BCUT2D eigenvalue weighted by molar-refractivity contribution is 5.93. The van der Waals surface area contributed by atoms with Crippen molar-refractivity contribution >= 4 is 17.3 Å². The summed E-state index contributed by atoms with van der Waals surface area (Å²) in [6, 6.07) is 11.3. The Morgan fingerprint density at radius 3 is 2.29 bits per heavy atom. The number of benzene rings is 2. The Bertz CT molecular complexity index is 823. The summed E-state index contributed by atoms with van der Waals surface area (Å²) in [5, 5.41) is 2.99. The zero-order valence-corrected chi connectivity index (χ0v) is 16.1. The number of nitrogens with zero attached hydrogens (tertiary/aromatic N) is 1. The van der Waals surface area contributed by atoms with E-state index >= 15 is 0 Å². The smallest absolute Gasteiger partial charge is 0.360 e. The van der Waals surface area contributed by atoms with Crippen molar-refractivity contribution in [2.75, 3.05) is 42.9 Å². The topological polar surface area (TPSA) is 36.8 Å². The standard InChI is InChI=1S/C21H24F3N3O/c1-15-5-3-6-16(2)20(15)25-19(28)14-26-9-11-27(12-10-26)18-8-4-7-17(13-18)21(22,23)24/h3-8,13H,9-12,14H2,1-2H3,(H,25,28)/p+1. The maximum absolute atomic E-state index is 12.9. The minimum atomic E-state index is -4.34. The monoisotopic (exact) mass is 392 g/mol. The Kier molecular flexibility index (Phi) is 5.93. The van der Waals surface area contributed by atoms with Crippen LogP contribution in [-0.4, -0.2) is 38.6 Å². The number of carbonyl (C=O) groups is 1. The number of anilines is 2. The third-order valence-electron chi connectivity index (χ3n) is 5.17. The lowest BCUT2D eigenvalue weighted by Gasteiger charge is -2.33. The SMILES string of the molecule is Cc1cccc(C)c1NC(=O)C[NH+]1CCN(c2cccc(C(F)(F)F)c2)CC1. The van der Waals surface area contributed by atoms with Gasteiger partial charge in [-0.15, -0.1) is 0 Å². The zero-order valence-electron chi connectivity index (χ0n) is 16.1. The summed E-state index contributed by atoms with van der Waals surface area (Å²) in [5.41, 5.74) is 2.85. The quantitative estimate of drug-likeness (QED) is 0.840. The number of aryl methyl sites for hydroxylation is 2. The Morgan fingerprint density at radius 1 is 1.07 bits per heavy atom. The van der Waals surface area contributed by atoms with E-state index in [1.165, 1.54) is 12.1 Å². The molecule has 3 rings (SSSR count). The molecule has 1 saturated heterocycles. The molecule has 0 spiro atoms. The predicted molar refractivity (Wildman–Crippen MR) is 104 cm³/mol. The van der Waals surface area contributed by atoms with Crippen LogP contribution in [0.3, 0.4) is 0 Å². The molecular weight excluding hydrogens is 367 g/mol. The zero-order chi connectivity index (χ0) is 20.3. The Morgan fingerprint density at radius 2 is 1.68 bits per heavy atom. The Labute approximate surface area is 162 Å². The molecule has 1 fully saturated rings. The summed E-state index contributed by atoms with van der Waals surface area (Å²) in [4.78, 5) is 15.5. The van der Waals surface area contributed by atoms with Gasteiger partial charge in [-0.3, -0.25) is 4.79 Å². The maximum atomic E-state index is 12.9. The predicted octanol–water partition coefficient (Wildman–Crippen LogP) is 2.67. The van der Waals surface area contributed by atoms with Gasteiger partial charge in [-0.1, -0.05) is 24.3 Å². The number of piperazine rings is 1. The average Bonchev–Trinajstić information content (AvgIpc) is 2.65. The summed E-state index contributed by atoms with van der Waals surface area (Å²) in [6.07, 6.45) is -4.34. The number of alkyl halides is 3. The fourth-order valence-corrected chi connectivity index (χ4v) is 3.56. The Hall–Kier alpha value is -2.54. The van der Waals surface area contributed by atoms with Gasteiger partial charge in [-0.25, -0.2) is 0 Å². The van der Waals surface area contributed by atoms with E-state index in [0.29, 0.717) is 38.4 Å². The third-order valence-corrected chi connectivity index (χ3v) is 5.17. The fraction of sp³-hybridized carbons (Fsp3) is 0.381. The van der Waals surface area contributed by atoms with Crippen LogP contribution < -0.4 is 15.1 Å². The van der Waals surface area contributed by atoms with Gasteiger partial charge in [0.2, 0.25) is 0 Å². The molecule has 0 bridgehead atoms. The van der Waals surface area contributed by atoms with Crippen LogP contribution in [-0.2, 0) is 11.0 Å². The molecule has 150 valence electrons. The summed E-state index contributed by atoms with van der Waals surface area (Å²) >= 11 is 0. The van der Waals surface area contributed by atoms with Gasteiger partial charge < -0.3 is 15.1 Å². The number of quaternary nitrogens is 1. The van der Waals surface area contributed by atoms with Crippen LogP contribution in [0.5, 0.6) is 0 Å². The van der Waals surface area contributed by atoms with E-state index < -0.39 is 11.7 Å². The van der Waals surface area contributed by atoms with Gasteiger partial charge in [-0.05, 0) is 43.2 Å². The maximum Gasteiger partial charge on any atom is 0.416 e. The number of carbonyl (C=O) groups excluding carboxylic acids is 1. The highest BCUT2D eigenvalue weighted by Crippen LogP contribution is 2.31. The molecule has 4 nitrogen and oxygen atoms in total. The van der Waals surface area contributed by atoms with Crippen LogP contribution in [0.25, 0.3) is 0 Å². The average molecular weight is 392 g/mol. The third kappa shape index (κ3) is 4.84. The van der Waals surface area contributed by atoms with Crippen molar-refractivity contribution in [3.8, 4) is 0 Å². The first-order valence-corrected chi connectivity index (χ1v) is 9.36. The first-order chi connectivity index (χ1) is 13.2. The van der Waals surface area contributed by atoms with E-state index in [2.05, 4.69) is 5.32 Å². The lowest BCUT2D eigenvalue weighted by molar-refractivity contribution is -0.892. The lowest BCUT2D eigenvalue weighted by Crippen LogP contribution is -3.15. The van der Waals surface area contributed by atoms with E-state index in [4.69, 9.17) is 0 Å². The van der Waals surface area contributed by atoms with Gasteiger partial charge in [-0.2, -0.15) is 13.2 Å². The number of nitrogens with one attached hydrogen (secondary N) is 2. The molecular formula is C21H25F3N3O+. The van der Waals surface area contributed by atoms with E-state index in [1.54, 1.807) is 6.07 Å². The van der Waals surface area contributed by atoms with E-state index in [-0.39, 0.29) is 5.91 Å². The molecule has 0 atom stereocenters. The number of rotatable bonds is 4. The van der Waals surface area contributed by atoms with Crippen molar-refractivity contribution < 1.29 is 22.9 Å². The molecule has 0 saturated carbocycles. The second-order valence-electron chi connectivity index (χ2n) is 7.28. The molecule has 1 heterocycles. The molecule has 0 unspecified atom stereocenters. The van der Waals surface area contributed by atoms with Crippen molar-refractivity contribution in [1.29, 1.82) is 0 Å². The summed E-state index contributed by atoms with van der Waals surface area (Å²) in [7, 11) is 0. The minimum absolute atomic E-state index is 0.0417. The molecule has 0 aromatic heterocycles. The van der Waals surface area contributed by atoms with Crippen molar-refractivity contribution in [2.24, 2.45) is 0 Å². The molecule has 2 aromatic rings. The largest absolute Gasteiger partial charge is 0.416 e. The van der Waals surface area contributed by atoms with Crippen molar-refractivity contribution in [1.82, 2.24) is 0 Å². The van der Waals surface area contributed by atoms with Crippen LogP contribution >= 0.6 is 0 Å². The van der Waals surface area contributed by atoms with E-state index in [9.17, 15) is 18.0 Å². The van der Waals surface area contributed by atoms with Crippen LogP contribution in [0.4, 0.5) is 24.5 Å². The number of amides is 1. The number of hydrogen-bond donors (Lipinski definition) is 2. The van der Waals surface area contributed by atoms with Gasteiger partial charge in [0.15, 0.2) is 6.54 Å².